The first-order valence-corrected chi connectivity index (χ1v) is 8.76. The summed E-state index contributed by atoms with van der Waals surface area (Å²) in [6.07, 6.45) is 3.18. The highest BCUT2D eigenvalue weighted by Crippen LogP contribution is 2.46. The summed E-state index contributed by atoms with van der Waals surface area (Å²) in [5.74, 6) is 1.28. The lowest BCUT2D eigenvalue weighted by Gasteiger charge is -2.19. The molecule has 0 aromatic heterocycles. The average molecular weight is 285 g/mol. The van der Waals surface area contributed by atoms with Crippen molar-refractivity contribution in [3.8, 4) is 0 Å². The van der Waals surface area contributed by atoms with E-state index < -0.39 is 9.84 Å². The molecule has 1 aromatic carbocycles. The molecule has 0 spiro atoms. The lowest BCUT2D eigenvalue weighted by Crippen LogP contribution is -2.11. The van der Waals surface area contributed by atoms with E-state index in [2.05, 4.69) is 12.1 Å². The monoisotopic (exact) mass is 284 g/mol. The highest BCUT2D eigenvalue weighted by molar-refractivity contribution is 7.91. The van der Waals surface area contributed by atoms with E-state index in [1.54, 1.807) is 0 Å². The largest absolute Gasteiger partial charge is 0.229 e. The van der Waals surface area contributed by atoms with Gasteiger partial charge in [0.1, 0.15) is 0 Å². The number of alkyl halides is 1. The maximum absolute atomic E-state index is 11.5. The zero-order valence-corrected chi connectivity index (χ0v) is 11.8. The van der Waals surface area contributed by atoms with E-state index in [0.29, 0.717) is 18.1 Å². The van der Waals surface area contributed by atoms with Crippen LogP contribution in [0.25, 0.3) is 0 Å². The summed E-state index contributed by atoms with van der Waals surface area (Å²) in [5, 5.41) is -0.154. The summed E-state index contributed by atoms with van der Waals surface area (Å²) in [6, 6.07) is 8.26. The summed E-state index contributed by atoms with van der Waals surface area (Å²) < 4.78 is 23.1. The Bertz CT molecular complexity index is 549. The first-order valence-electron chi connectivity index (χ1n) is 6.50. The molecule has 1 aliphatic carbocycles. The van der Waals surface area contributed by atoms with Crippen molar-refractivity contribution >= 4 is 21.4 Å². The third-order valence-electron chi connectivity index (χ3n) is 3.99. The fraction of sp³-hybridized carbons (Fsp3) is 0.571. The fourth-order valence-electron chi connectivity index (χ4n) is 2.84. The van der Waals surface area contributed by atoms with Gasteiger partial charge in [-0.05, 0) is 42.2 Å². The molecule has 0 bridgehead atoms. The molecular formula is C14H17ClO2S. The van der Waals surface area contributed by atoms with E-state index >= 15 is 0 Å². The topological polar surface area (TPSA) is 34.1 Å². The minimum atomic E-state index is -2.85. The summed E-state index contributed by atoms with van der Waals surface area (Å²) >= 11 is 6.55. The molecule has 2 atom stereocenters. The van der Waals surface area contributed by atoms with Gasteiger partial charge in [-0.3, -0.25) is 0 Å². The third-order valence-corrected chi connectivity index (χ3v) is 6.38. The Balaban J connectivity index is 1.86. The van der Waals surface area contributed by atoms with Crippen LogP contribution in [-0.2, 0) is 9.84 Å². The predicted octanol–water partition coefficient (Wildman–Crippen LogP) is 3.28. The zero-order valence-electron chi connectivity index (χ0n) is 10.2. The molecule has 2 fully saturated rings. The first-order chi connectivity index (χ1) is 8.57. The molecule has 98 valence electrons. The van der Waals surface area contributed by atoms with Gasteiger partial charge in [0, 0.05) is 0 Å². The molecule has 1 aliphatic heterocycles. The van der Waals surface area contributed by atoms with Gasteiger partial charge < -0.3 is 0 Å². The summed E-state index contributed by atoms with van der Waals surface area (Å²) in [6.45, 7) is 0. The van der Waals surface area contributed by atoms with Crippen LogP contribution in [0.2, 0.25) is 0 Å². The van der Waals surface area contributed by atoms with Gasteiger partial charge in [0.25, 0.3) is 0 Å². The molecule has 2 aliphatic rings. The van der Waals surface area contributed by atoms with E-state index in [4.69, 9.17) is 11.6 Å². The van der Waals surface area contributed by atoms with Crippen molar-refractivity contribution in [1.82, 2.24) is 0 Å². The second-order valence-electron chi connectivity index (χ2n) is 5.47. The van der Waals surface area contributed by atoms with Crippen LogP contribution >= 0.6 is 11.6 Å². The number of hydrogen-bond donors (Lipinski definition) is 0. The van der Waals surface area contributed by atoms with Crippen LogP contribution in [0.4, 0.5) is 0 Å². The fourth-order valence-corrected chi connectivity index (χ4v) is 5.20. The Morgan fingerprint density at radius 1 is 1.17 bits per heavy atom. The minimum absolute atomic E-state index is 0.0802. The van der Waals surface area contributed by atoms with Crippen LogP contribution in [0.1, 0.15) is 41.7 Å². The molecule has 1 saturated carbocycles. The number of halogens is 1. The lowest BCUT2D eigenvalue weighted by atomic mass is 9.93. The van der Waals surface area contributed by atoms with Crippen LogP contribution in [0.3, 0.4) is 0 Å². The van der Waals surface area contributed by atoms with E-state index in [1.165, 1.54) is 18.4 Å². The summed E-state index contributed by atoms with van der Waals surface area (Å²) in [7, 11) is -2.85. The van der Waals surface area contributed by atoms with E-state index in [0.717, 1.165) is 5.56 Å². The standard InChI is InChI=1S/C14H17ClO2S/c15-14(11-7-8-18(16,17)9-11)13-4-2-1-3-12(13)10-5-6-10/h1-4,10-11,14H,5-9H2. The van der Waals surface area contributed by atoms with Crippen molar-refractivity contribution in [2.75, 3.05) is 11.5 Å². The van der Waals surface area contributed by atoms with Gasteiger partial charge in [-0.25, -0.2) is 8.42 Å². The Hall–Kier alpha value is -0.540. The minimum Gasteiger partial charge on any atom is -0.229 e. The van der Waals surface area contributed by atoms with Crippen LogP contribution in [-0.4, -0.2) is 19.9 Å². The second-order valence-corrected chi connectivity index (χ2v) is 8.17. The molecule has 0 amide bonds. The van der Waals surface area contributed by atoms with Crippen molar-refractivity contribution in [1.29, 1.82) is 0 Å². The number of hydrogen-bond acceptors (Lipinski definition) is 2. The molecule has 2 nitrogen and oxygen atoms in total. The van der Waals surface area contributed by atoms with Gasteiger partial charge in [0.05, 0.1) is 16.9 Å². The van der Waals surface area contributed by atoms with E-state index in [1.807, 2.05) is 12.1 Å². The van der Waals surface area contributed by atoms with Crippen molar-refractivity contribution < 1.29 is 8.42 Å². The average Bonchev–Trinajstić information content (AvgIpc) is 3.13. The third kappa shape index (κ3) is 2.43. The zero-order chi connectivity index (χ0) is 12.8. The highest BCUT2D eigenvalue weighted by Gasteiger charge is 2.36. The Labute approximate surface area is 113 Å². The summed E-state index contributed by atoms with van der Waals surface area (Å²) in [5.41, 5.74) is 2.49. The molecule has 1 saturated heterocycles. The Morgan fingerprint density at radius 3 is 2.50 bits per heavy atom. The van der Waals surface area contributed by atoms with Crippen LogP contribution in [0, 0.1) is 5.92 Å². The van der Waals surface area contributed by atoms with Gasteiger partial charge in [0.15, 0.2) is 9.84 Å². The molecule has 0 N–H and O–H groups in total. The predicted molar refractivity (Wildman–Crippen MR) is 73.8 cm³/mol. The van der Waals surface area contributed by atoms with Gasteiger partial charge in [-0.15, -0.1) is 11.6 Å². The van der Waals surface area contributed by atoms with Crippen molar-refractivity contribution in [3.63, 3.8) is 0 Å². The number of benzene rings is 1. The van der Waals surface area contributed by atoms with Gasteiger partial charge in [-0.2, -0.15) is 0 Å². The van der Waals surface area contributed by atoms with Gasteiger partial charge in [0.2, 0.25) is 0 Å². The van der Waals surface area contributed by atoms with Crippen LogP contribution < -0.4 is 0 Å². The molecule has 0 radical (unpaired) electrons. The first kappa shape index (κ1) is 12.5. The van der Waals surface area contributed by atoms with Gasteiger partial charge in [-0.1, -0.05) is 24.3 Å². The maximum Gasteiger partial charge on any atom is 0.150 e. The molecule has 1 aromatic rings. The lowest BCUT2D eigenvalue weighted by molar-refractivity contribution is 0.566. The summed E-state index contributed by atoms with van der Waals surface area (Å²) in [4.78, 5) is 0. The Morgan fingerprint density at radius 2 is 1.89 bits per heavy atom. The molecule has 4 heteroatoms. The second kappa shape index (κ2) is 4.53. The SMILES string of the molecule is O=S1(=O)CCC(C(Cl)c2ccccc2C2CC2)C1. The maximum atomic E-state index is 11.5. The van der Waals surface area contributed by atoms with E-state index in [-0.39, 0.29) is 17.0 Å². The van der Waals surface area contributed by atoms with Crippen LogP contribution in [0.15, 0.2) is 24.3 Å². The van der Waals surface area contributed by atoms with Crippen molar-refractivity contribution in [2.24, 2.45) is 5.92 Å². The van der Waals surface area contributed by atoms with Crippen LogP contribution in [0.5, 0.6) is 0 Å². The molecular weight excluding hydrogens is 268 g/mol. The smallest absolute Gasteiger partial charge is 0.150 e. The quantitative estimate of drug-likeness (QED) is 0.798. The molecule has 1 heterocycles. The van der Waals surface area contributed by atoms with Crippen molar-refractivity contribution in [3.05, 3.63) is 35.4 Å². The highest BCUT2D eigenvalue weighted by atomic mass is 35.5. The molecule has 3 rings (SSSR count). The van der Waals surface area contributed by atoms with Crippen molar-refractivity contribution in [2.45, 2.75) is 30.6 Å². The normalized spacial score (nSPS) is 28.2. The Kier molecular flexibility index (Phi) is 3.15. The molecule has 2 unspecified atom stereocenters. The molecule has 18 heavy (non-hydrogen) atoms. The number of sulfone groups is 1. The van der Waals surface area contributed by atoms with E-state index in [9.17, 15) is 8.42 Å². The van der Waals surface area contributed by atoms with Gasteiger partial charge >= 0.3 is 0 Å². The number of rotatable bonds is 3.